The van der Waals surface area contributed by atoms with E-state index < -0.39 is 0 Å². The van der Waals surface area contributed by atoms with E-state index in [2.05, 4.69) is 30.5 Å². The van der Waals surface area contributed by atoms with E-state index in [0.29, 0.717) is 11.5 Å². The predicted molar refractivity (Wildman–Crippen MR) is 121 cm³/mol. The number of nitrogens with one attached hydrogen (secondary N) is 2. The third kappa shape index (κ3) is 4.22. The molecular formula is C23H27N3O2S. The average Bonchev–Trinajstić information content (AvgIpc) is 3.06. The van der Waals surface area contributed by atoms with Crippen molar-refractivity contribution in [2.24, 2.45) is 0 Å². The number of carbonyl (C=O) groups excluding carboxylic acids is 1. The molecule has 2 aliphatic rings. The molecule has 2 aliphatic heterocycles. The molecule has 0 aromatic heterocycles. The lowest BCUT2D eigenvalue weighted by molar-refractivity contribution is -0.117. The Hall–Kier alpha value is -2.60. The average molecular weight is 410 g/mol. The van der Waals surface area contributed by atoms with Crippen molar-refractivity contribution in [1.29, 1.82) is 0 Å². The van der Waals surface area contributed by atoms with Crippen molar-refractivity contribution in [2.45, 2.75) is 51.7 Å². The molecule has 1 fully saturated rings. The molecule has 0 aliphatic carbocycles. The summed E-state index contributed by atoms with van der Waals surface area (Å²) in [5, 5.41) is 7.32. The van der Waals surface area contributed by atoms with Crippen molar-refractivity contribution < 1.29 is 9.53 Å². The minimum Gasteiger partial charge on any atom is -0.487 e. The summed E-state index contributed by atoms with van der Waals surface area (Å²) in [4.78, 5) is 13.9. The molecule has 4 rings (SSSR count). The summed E-state index contributed by atoms with van der Waals surface area (Å²) in [6, 6.07) is 14.2. The normalized spacial score (nSPS) is 20.0. The van der Waals surface area contributed by atoms with Crippen molar-refractivity contribution in [1.82, 2.24) is 5.32 Å². The highest BCUT2D eigenvalue weighted by atomic mass is 32.1. The summed E-state index contributed by atoms with van der Waals surface area (Å²) in [7, 11) is 0. The molecule has 2 N–H and O–H groups in total. The molecule has 152 valence electrons. The molecule has 1 amide bonds. The van der Waals surface area contributed by atoms with Gasteiger partial charge in [-0.25, -0.2) is 0 Å². The maximum Gasteiger partial charge on any atom is 0.227 e. The van der Waals surface area contributed by atoms with Crippen LogP contribution in [0.4, 0.5) is 11.4 Å². The number of anilines is 2. The minimum atomic E-state index is -0.262. The van der Waals surface area contributed by atoms with E-state index in [0.717, 1.165) is 47.6 Å². The van der Waals surface area contributed by atoms with Gasteiger partial charge >= 0.3 is 0 Å². The Morgan fingerprint density at radius 2 is 2.03 bits per heavy atom. The van der Waals surface area contributed by atoms with Crippen molar-refractivity contribution in [3.05, 3.63) is 53.6 Å². The van der Waals surface area contributed by atoms with Crippen LogP contribution in [0.5, 0.6) is 5.75 Å². The Kier molecular flexibility index (Phi) is 5.21. The first-order chi connectivity index (χ1) is 13.8. The number of carbonyl (C=O) groups is 1. The number of fused-ring (bicyclic) bond motifs is 1. The Morgan fingerprint density at radius 1 is 1.24 bits per heavy atom. The van der Waals surface area contributed by atoms with Gasteiger partial charge in [-0.05, 0) is 69.2 Å². The largest absolute Gasteiger partial charge is 0.487 e. The SMILES string of the molecule is Cc1cc(NC(=S)NC2CC(C)(C)Oc3ccccc32)ccc1N1CCCC1=O. The first-order valence-corrected chi connectivity index (χ1v) is 10.5. The molecule has 29 heavy (non-hydrogen) atoms. The standard InChI is InChI=1S/C23H27N3O2S/c1-15-13-16(10-11-19(15)26-12-6-9-21(26)27)24-22(29)25-18-14-23(2,3)28-20-8-5-4-7-17(18)20/h4-5,7-8,10-11,13,18H,6,9,12,14H2,1-3H3,(H2,24,25,29). The van der Waals surface area contributed by atoms with E-state index >= 15 is 0 Å². The van der Waals surface area contributed by atoms with Crippen LogP contribution < -0.4 is 20.3 Å². The van der Waals surface area contributed by atoms with E-state index in [-0.39, 0.29) is 17.6 Å². The van der Waals surface area contributed by atoms with Crippen LogP contribution in [-0.4, -0.2) is 23.2 Å². The maximum atomic E-state index is 12.0. The van der Waals surface area contributed by atoms with E-state index in [1.165, 1.54) is 0 Å². The lowest BCUT2D eigenvalue weighted by Crippen LogP contribution is -2.42. The number of aryl methyl sites for hydroxylation is 1. The number of amides is 1. The molecule has 1 saturated heterocycles. The van der Waals surface area contributed by atoms with Crippen molar-refractivity contribution in [2.75, 3.05) is 16.8 Å². The zero-order chi connectivity index (χ0) is 20.6. The predicted octanol–water partition coefficient (Wildman–Crippen LogP) is 4.71. The second-order valence-electron chi connectivity index (χ2n) is 8.40. The van der Waals surface area contributed by atoms with E-state index in [4.69, 9.17) is 17.0 Å². The summed E-state index contributed by atoms with van der Waals surface area (Å²) in [5.41, 5.74) is 3.81. The molecule has 2 heterocycles. The quantitative estimate of drug-likeness (QED) is 0.719. The first kappa shape index (κ1) is 19.7. The third-order valence-electron chi connectivity index (χ3n) is 5.50. The lowest BCUT2D eigenvalue weighted by Gasteiger charge is -2.38. The first-order valence-electron chi connectivity index (χ1n) is 10.1. The second-order valence-corrected chi connectivity index (χ2v) is 8.81. The van der Waals surface area contributed by atoms with Gasteiger partial charge in [0.25, 0.3) is 0 Å². The Bertz CT molecular complexity index is 957. The van der Waals surface area contributed by atoms with Gasteiger partial charge in [-0.2, -0.15) is 0 Å². The molecule has 0 spiro atoms. The van der Waals surface area contributed by atoms with Gasteiger partial charge in [-0.15, -0.1) is 0 Å². The Labute approximate surface area is 177 Å². The van der Waals surface area contributed by atoms with E-state index in [1.54, 1.807) is 0 Å². The topological polar surface area (TPSA) is 53.6 Å². The molecule has 1 atom stereocenters. The Balaban J connectivity index is 1.46. The molecule has 0 saturated carbocycles. The molecule has 5 nitrogen and oxygen atoms in total. The minimum absolute atomic E-state index is 0.0811. The summed E-state index contributed by atoms with van der Waals surface area (Å²) in [6.45, 7) is 7.01. The van der Waals surface area contributed by atoms with Gasteiger partial charge in [0.2, 0.25) is 5.91 Å². The van der Waals surface area contributed by atoms with Gasteiger partial charge in [-0.1, -0.05) is 18.2 Å². The van der Waals surface area contributed by atoms with Crippen molar-refractivity contribution in [3.63, 3.8) is 0 Å². The zero-order valence-corrected chi connectivity index (χ0v) is 17.9. The van der Waals surface area contributed by atoms with Crippen LogP contribution in [0.1, 0.15) is 50.3 Å². The van der Waals surface area contributed by atoms with Gasteiger partial charge in [0.05, 0.1) is 6.04 Å². The maximum absolute atomic E-state index is 12.0. The summed E-state index contributed by atoms with van der Waals surface area (Å²) >= 11 is 5.60. The molecular weight excluding hydrogens is 382 g/mol. The van der Waals surface area contributed by atoms with Crippen molar-refractivity contribution in [3.8, 4) is 5.75 Å². The smallest absolute Gasteiger partial charge is 0.227 e. The molecule has 2 aromatic carbocycles. The van der Waals surface area contributed by atoms with Crippen LogP contribution in [0.15, 0.2) is 42.5 Å². The van der Waals surface area contributed by atoms with Gasteiger partial charge in [-0.3, -0.25) is 4.79 Å². The van der Waals surface area contributed by atoms with E-state index in [9.17, 15) is 4.79 Å². The number of benzene rings is 2. The lowest BCUT2D eigenvalue weighted by atomic mass is 9.90. The number of nitrogens with zero attached hydrogens (tertiary/aromatic N) is 1. The van der Waals surface area contributed by atoms with Crippen molar-refractivity contribution >= 4 is 34.6 Å². The van der Waals surface area contributed by atoms with Crippen LogP contribution in [-0.2, 0) is 4.79 Å². The van der Waals surface area contributed by atoms with Gasteiger partial charge in [0, 0.05) is 36.3 Å². The number of ether oxygens (including phenoxy) is 1. The van der Waals surface area contributed by atoms with Crippen LogP contribution >= 0.6 is 12.2 Å². The van der Waals surface area contributed by atoms with Crippen LogP contribution in [0.3, 0.4) is 0 Å². The number of para-hydroxylation sites is 1. The highest BCUT2D eigenvalue weighted by Crippen LogP contribution is 2.39. The monoisotopic (exact) mass is 409 g/mol. The molecule has 0 bridgehead atoms. The third-order valence-corrected chi connectivity index (χ3v) is 5.72. The summed E-state index contributed by atoms with van der Waals surface area (Å²) in [6.07, 6.45) is 2.38. The number of rotatable bonds is 3. The van der Waals surface area contributed by atoms with Gasteiger partial charge in [0.1, 0.15) is 11.4 Å². The molecule has 6 heteroatoms. The van der Waals surface area contributed by atoms with Gasteiger partial charge in [0.15, 0.2) is 5.11 Å². The van der Waals surface area contributed by atoms with Gasteiger partial charge < -0.3 is 20.3 Å². The number of thiocarbonyl (C=S) groups is 1. The number of hydrogen-bond acceptors (Lipinski definition) is 3. The fraction of sp³-hybridized carbons (Fsp3) is 0.391. The number of hydrogen-bond donors (Lipinski definition) is 2. The molecule has 1 unspecified atom stereocenters. The fourth-order valence-electron chi connectivity index (χ4n) is 4.20. The van der Waals surface area contributed by atoms with E-state index in [1.807, 2.05) is 48.2 Å². The zero-order valence-electron chi connectivity index (χ0n) is 17.1. The van der Waals surface area contributed by atoms with Crippen LogP contribution in [0, 0.1) is 6.92 Å². The van der Waals surface area contributed by atoms with Crippen LogP contribution in [0.2, 0.25) is 0 Å². The van der Waals surface area contributed by atoms with Crippen LogP contribution in [0.25, 0.3) is 0 Å². The Morgan fingerprint density at radius 3 is 2.76 bits per heavy atom. The highest BCUT2D eigenvalue weighted by molar-refractivity contribution is 7.80. The fourth-order valence-corrected chi connectivity index (χ4v) is 4.46. The summed E-state index contributed by atoms with van der Waals surface area (Å²) < 4.78 is 6.10. The summed E-state index contributed by atoms with van der Waals surface area (Å²) in [5.74, 6) is 1.10. The second kappa shape index (κ2) is 7.67. The highest BCUT2D eigenvalue weighted by Gasteiger charge is 2.33. The molecule has 2 aromatic rings. The molecule has 0 radical (unpaired) electrons.